The molecule has 0 unspecified atom stereocenters. The van der Waals surface area contributed by atoms with E-state index in [-0.39, 0.29) is 0 Å². The Bertz CT molecular complexity index is 450. The van der Waals surface area contributed by atoms with Gasteiger partial charge >= 0.3 is 0 Å². The zero-order valence-electron chi connectivity index (χ0n) is 8.40. The number of fused-ring (bicyclic) bond motifs is 1. The van der Waals surface area contributed by atoms with Crippen LogP contribution in [0.25, 0.3) is 10.1 Å². The lowest BCUT2D eigenvalue weighted by Gasteiger charge is -2.05. The maximum absolute atomic E-state index is 9.54. The van der Waals surface area contributed by atoms with Crippen molar-refractivity contribution in [1.29, 1.82) is 0 Å². The summed E-state index contributed by atoms with van der Waals surface area (Å²) in [7, 11) is 1.64. The number of thiophene rings is 1. The number of rotatable bonds is 4. The third kappa shape index (κ3) is 2.22. The average molecular weight is 224 g/mol. The van der Waals surface area contributed by atoms with Gasteiger partial charge in [0.2, 0.25) is 0 Å². The first kappa shape index (κ1) is 10.3. The van der Waals surface area contributed by atoms with Crippen LogP contribution < -0.4 is 4.74 Å². The molecule has 80 valence electrons. The monoisotopic (exact) mass is 224 g/mol. The summed E-state index contributed by atoms with van der Waals surface area (Å²) in [6.07, 6.45) is 0. The van der Waals surface area contributed by atoms with Crippen molar-refractivity contribution in [2.75, 3.05) is 20.3 Å². The smallest absolute Gasteiger partial charge is 0.134 e. The molecule has 0 aliphatic carbocycles. The third-order valence-electron chi connectivity index (χ3n) is 2.08. The van der Waals surface area contributed by atoms with Crippen LogP contribution in [0.15, 0.2) is 23.6 Å². The molecule has 0 spiro atoms. The van der Waals surface area contributed by atoms with Crippen molar-refractivity contribution in [2.24, 2.45) is 0 Å². The minimum absolute atomic E-state index is 0.312. The summed E-state index contributed by atoms with van der Waals surface area (Å²) in [6.45, 7) is 1.08. The van der Waals surface area contributed by atoms with Crippen LogP contribution in [0.1, 0.15) is 0 Å². The molecule has 2 rings (SSSR count). The summed E-state index contributed by atoms with van der Waals surface area (Å²) in [5, 5.41) is 12.1. The van der Waals surface area contributed by atoms with Crippen LogP contribution in [0.3, 0.4) is 0 Å². The van der Waals surface area contributed by atoms with Gasteiger partial charge < -0.3 is 14.6 Å². The molecule has 0 atom stereocenters. The number of methoxy groups -OCH3 is 1. The fraction of sp³-hybridized carbons (Fsp3) is 0.273. The Morgan fingerprint density at radius 3 is 3.00 bits per heavy atom. The minimum atomic E-state index is 0.312. The van der Waals surface area contributed by atoms with Gasteiger partial charge in [-0.2, -0.15) is 0 Å². The highest BCUT2D eigenvalue weighted by atomic mass is 32.1. The molecule has 0 fully saturated rings. The first-order valence-corrected chi connectivity index (χ1v) is 5.51. The largest absolute Gasteiger partial charge is 0.506 e. The zero-order chi connectivity index (χ0) is 10.7. The van der Waals surface area contributed by atoms with Crippen molar-refractivity contribution >= 4 is 21.4 Å². The van der Waals surface area contributed by atoms with Crippen molar-refractivity contribution in [2.45, 2.75) is 0 Å². The molecule has 0 amide bonds. The summed E-state index contributed by atoms with van der Waals surface area (Å²) in [5.41, 5.74) is 0. The molecule has 1 aromatic heterocycles. The Morgan fingerprint density at radius 2 is 2.20 bits per heavy atom. The highest BCUT2D eigenvalue weighted by Crippen LogP contribution is 2.33. The molecule has 4 heteroatoms. The van der Waals surface area contributed by atoms with Crippen molar-refractivity contribution in [3.05, 3.63) is 23.6 Å². The summed E-state index contributed by atoms with van der Waals surface area (Å²) in [5.74, 6) is 1.07. The molecule has 1 aromatic carbocycles. The quantitative estimate of drug-likeness (QED) is 0.811. The molecule has 0 radical (unpaired) electrons. The van der Waals surface area contributed by atoms with E-state index in [0.29, 0.717) is 19.0 Å². The van der Waals surface area contributed by atoms with Crippen LogP contribution in [-0.2, 0) is 4.74 Å². The van der Waals surface area contributed by atoms with E-state index < -0.39 is 0 Å². The van der Waals surface area contributed by atoms with E-state index in [1.54, 1.807) is 12.5 Å². The fourth-order valence-electron chi connectivity index (χ4n) is 1.33. The molecule has 1 N–H and O–H groups in total. The second-order valence-electron chi connectivity index (χ2n) is 3.12. The Hall–Kier alpha value is -1.26. The van der Waals surface area contributed by atoms with Gasteiger partial charge in [0, 0.05) is 22.6 Å². The topological polar surface area (TPSA) is 38.7 Å². The fourth-order valence-corrected chi connectivity index (χ4v) is 2.13. The Morgan fingerprint density at radius 1 is 1.33 bits per heavy atom. The van der Waals surface area contributed by atoms with Gasteiger partial charge in [0.1, 0.15) is 18.1 Å². The van der Waals surface area contributed by atoms with Crippen LogP contribution in [0.4, 0.5) is 0 Å². The van der Waals surface area contributed by atoms with Crippen LogP contribution >= 0.6 is 11.3 Å². The maximum Gasteiger partial charge on any atom is 0.134 e. The molecule has 2 aromatic rings. The Balaban J connectivity index is 2.18. The standard InChI is InChI=1S/C11H12O3S/c1-13-4-5-14-8-2-3-11-9(6-8)10(12)7-15-11/h2-3,6-7,12H,4-5H2,1H3. The molecule has 0 saturated carbocycles. The van der Waals surface area contributed by atoms with Crippen LogP contribution in [-0.4, -0.2) is 25.4 Å². The van der Waals surface area contributed by atoms with E-state index in [0.717, 1.165) is 15.8 Å². The van der Waals surface area contributed by atoms with Gasteiger partial charge in [-0.05, 0) is 18.2 Å². The van der Waals surface area contributed by atoms with E-state index in [1.807, 2.05) is 18.2 Å². The third-order valence-corrected chi connectivity index (χ3v) is 3.03. The van der Waals surface area contributed by atoms with E-state index in [4.69, 9.17) is 9.47 Å². The van der Waals surface area contributed by atoms with E-state index in [1.165, 1.54) is 11.3 Å². The normalized spacial score (nSPS) is 10.7. The first-order chi connectivity index (χ1) is 7.31. The number of benzene rings is 1. The predicted octanol–water partition coefficient (Wildman–Crippen LogP) is 2.63. The zero-order valence-corrected chi connectivity index (χ0v) is 9.21. The van der Waals surface area contributed by atoms with Gasteiger partial charge in [0.15, 0.2) is 0 Å². The number of hydrogen-bond acceptors (Lipinski definition) is 4. The summed E-state index contributed by atoms with van der Waals surface area (Å²) >= 11 is 1.52. The predicted molar refractivity (Wildman–Crippen MR) is 60.9 cm³/mol. The highest BCUT2D eigenvalue weighted by Gasteiger charge is 2.03. The van der Waals surface area contributed by atoms with E-state index in [9.17, 15) is 5.11 Å². The maximum atomic E-state index is 9.54. The Labute approximate surface area is 91.9 Å². The average Bonchev–Trinajstić information content (AvgIpc) is 2.61. The van der Waals surface area contributed by atoms with Crippen LogP contribution in [0.5, 0.6) is 11.5 Å². The van der Waals surface area contributed by atoms with Gasteiger partial charge in [-0.25, -0.2) is 0 Å². The molecular formula is C11H12O3S. The number of ether oxygens (including phenoxy) is 2. The van der Waals surface area contributed by atoms with Crippen LogP contribution in [0, 0.1) is 0 Å². The van der Waals surface area contributed by atoms with Gasteiger partial charge in [-0.15, -0.1) is 11.3 Å². The minimum Gasteiger partial charge on any atom is -0.506 e. The first-order valence-electron chi connectivity index (χ1n) is 4.63. The van der Waals surface area contributed by atoms with E-state index in [2.05, 4.69) is 0 Å². The van der Waals surface area contributed by atoms with Gasteiger partial charge in [-0.1, -0.05) is 0 Å². The van der Waals surface area contributed by atoms with Gasteiger partial charge in [-0.3, -0.25) is 0 Å². The van der Waals surface area contributed by atoms with Crippen LogP contribution in [0.2, 0.25) is 0 Å². The lowest BCUT2D eigenvalue weighted by Crippen LogP contribution is -2.03. The van der Waals surface area contributed by atoms with E-state index >= 15 is 0 Å². The van der Waals surface area contributed by atoms with Gasteiger partial charge in [0.05, 0.1) is 6.61 Å². The van der Waals surface area contributed by atoms with Gasteiger partial charge in [0.25, 0.3) is 0 Å². The lowest BCUT2D eigenvalue weighted by molar-refractivity contribution is 0.146. The lowest BCUT2D eigenvalue weighted by atomic mass is 10.2. The van der Waals surface area contributed by atoms with Crippen molar-refractivity contribution < 1.29 is 14.6 Å². The second-order valence-corrected chi connectivity index (χ2v) is 4.03. The number of aromatic hydroxyl groups is 1. The molecule has 0 bridgehead atoms. The molecule has 0 aliphatic rings. The molecule has 0 saturated heterocycles. The molecule has 3 nitrogen and oxygen atoms in total. The van der Waals surface area contributed by atoms with Crippen molar-refractivity contribution in [3.63, 3.8) is 0 Å². The molecule has 0 aliphatic heterocycles. The summed E-state index contributed by atoms with van der Waals surface area (Å²) in [6, 6.07) is 5.69. The SMILES string of the molecule is COCCOc1ccc2scc(O)c2c1. The second kappa shape index (κ2) is 4.51. The van der Waals surface area contributed by atoms with Crippen molar-refractivity contribution in [1.82, 2.24) is 0 Å². The summed E-state index contributed by atoms with van der Waals surface area (Å²) in [4.78, 5) is 0. The molecule has 1 heterocycles. The number of hydrogen-bond donors (Lipinski definition) is 1. The molecular weight excluding hydrogens is 212 g/mol. The highest BCUT2D eigenvalue weighted by molar-refractivity contribution is 7.17. The molecule has 15 heavy (non-hydrogen) atoms. The van der Waals surface area contributed by atoms with Crippen molar-refractivity contribution in [3.8, 4) is 11.5 Å². The Kier molecular flexibility index (Phi) is 3.08. The summed E-state index contributed by atoms with van der Waals surface area (Å²) < 4.78 is 11.4.